The molecule has 2 aliphatic rings. The van der Waals surface area contributed by atoms with Crippen molar-refractivity contribution >= 4 is 17.1 Å². The lowest BCUT2D eigenvalue weighted by Crippen LogP contribution is -2.16. The normalized spacial score (nSPS) is 14.2. The molecule has 0 amide bonds. The van der Waals surface area contributed by atoms with Gasteiger partial charge in [-0.3, -0.25) is 0 Å². The first kappa shape index (κ1) is 31.6. The largest absolute Gasteiger partial charge is 0.310 e. The Bertz CT molecular complexity index is 2370. The van der Waals surface area contributed by atoms with Gasteiger partial charge in [0.15, 0.2) is 0 Å². The molecule has 0 aliphatic heterocycles. The highest BCUT2D eigenvalue weighted by atomic mass is 15.1. The van der Waals surface area contributed by atoms with Gasteiger partial charge in [0.25, 0.3) is 0 Å². The van der Waals surface area contributed by atoms with Crippen LogP contribution < -0.4 is 4.90 Å². The Morgan fingerprint density at radius 3 is 1.48 bits per heavy atom. The van der Waals surface area contributed by atoms with Crippen molar-refractivity contribution in [2.75, 3.05) is 4.90 Å². The van der Waals surface area contributed by atoms with Crippen LogP contribution in [-0.4, -0.2) is 0 Å². The molecule has 50 heavy (non-hydrogen) atoms. The average molecular weight is 648 g/mol. The van der Waals surface area contributed by atoms with Crippen molar-refractivity contribution in [2.24, 2.45) is 0 Å². The van der Waals surface area contributed by atoms with E-state index in [0.717, 1.165) is 17.1 Å². The lowest BCUT2D eigenvalue weighted by atomic mass is 9.79. The summed E-state index contributed by atoms with van der Waals surface area (Å²) in [7, 11) is 0. The highest BCUT2D eigenvalue weighted by molar-refractivity contribution is 5.90. The summed E-state index contributed by atoms with van der Waals surface area (Å²) in [5.41, 5.74) is 19.3. The quantitative estimate of drug-likeness (QED) is 0.180. The fourth-order valence-corrected chi connectivity index (χ4v) is 8.59. The molecular weight excluding hydrogens is 603 g/mol. The molecule has 246 valence electrons. The number of benzene rings is 7. The first-order valence-electron chi connectivity index (χ1n) is 17.4. The summed E-state index contributed by atoms with van der Waals surface area (Å²) in [4.78, 5) is 2.41. The van der Waals surface area contributed by atoms with Crippen molar-refractivity contribution in [1.82, 2.24) is 0 Å². The number of hydrogen-bond acceptors (Lipinski definition) is 1. The Kier molecular flexibility index (Phi) is 7.42. The highest BCUT2D eigenvalue weighted by Gasteiger charge is 2.38. The lowest BCUT2D eigenvalue weighted by molar-refractivity contribution is 0.660. The maximum atomic E-state index is 2.41. The fourth-order valence-electron chi connectivity index (χ4n) is 8.59. The Hall–Kier alpha value is -5.66. The minimum Gasteiger partial charge on any atom is -0.310 e. The molecule has 9 rings (SSSR count). The van der Waals surface area contributed by atoms with Crippen LogP contribution in [0.4, 0.5) is 17.1 Å². The van der Waals surface area contributed by atoms with Crippen LogP contribution in [0.3, 0.4) is 0 Å². The summed E-state index contributed by atoms with van der Waals surface area (Å²) in [6, 6.07) is 60.4. The van der Waals surface area contributed by atoms with E-state index in [-0.39, 0.29) is 19.7 Å². The van der Waals surface area contributed by atoms with Crippen LogP contribution in [0.25, 0.3) is 44.5 Å². The summed E-state index contributed by atoms with van der Waals surface area (Å²) in [6.45, 7) is 9.44. The second-order valence-corrected chi connectivity index (χ2v) is 14.6. The van der Waals surface area contributed by atoms with Crippen LogP contribution in [0.2, 0.25) is 0 Å². The van der Waals surface area contributed by atoms with Gasteiger partial charge in [-0.1, -0.05) is 163 Å². The minimum absolute atomic E-state index is 0. The molecule has 0 saturated carbocycles. The van der Waals surface area contributed by atoms with Gasteiger partial charge in [-0.2, -0.15) is 0 Å². The molecule has 0 atom stereocenters. The van der Waals surface area contributed by atoms with Gasteiger partial charge in [0, 0.05) is 29.3 Å². The van der Waals surface area contributed by atoms with Crippen LogP contribution >= 0.6 is 0 Å². The lowest BCUT2D eigenvalue weighted by Gasteiger charge is -2.29. The number of rotatable bonds is 5. The summed E-state index contributed by atoms with van der Waals surface area (Å²) in [5, 5.41) is 0. The topological polar surface area (TPSA) is 3.24 Å². The minimum atomic E-state index is -0.0767. The van der Waals surface area contributed by atoms with E-state index in [9.17, 15) is 0 Å². The second-order valence-electron chi connectivity index (χ2n) is 14.6. The van der Waals surface area contributed by atoms with E-state index >= 15 is 0 Å². The number of fused-ring (bicyclic) bond motifs is 6. The van der Waals surface area contributed by atoms with Crippen molar-refractivity contribution in [2.45, 2.75) is 46.0 Å². The van der Waals surface area contributed by atoms with E-state index < -0.39 is 0 Å². The Labute approximate surface area is 299 Å². The molecule has 0 aromatic heterocycles. The van der Waals surface area contributed by atoms with Crippen molar-refractivity contribution in [3.63, 3.8) is 0 Å². The molecule has 1 heteroatoms. The summed E-state index contributed by atoms with van der Waals surface area (Å²) in [5.74, 6) is 0. The van der Waals surface area contributed by atoms with E-state index in [1.807, 2.05) is 0 Å². The number of anilines is 3. The average Bonchev–Trinajstić information content (AvgIpc) is 3.52. The molecule has 2 aliphatic carbocycles. The molecule has 7 aromatic rings. The van der Waals surface area contributed by atoms with Crippen LogP contribution in [0.1, 0.15) is 58.8 Å². The third kappa shape index (κ3) is 4.76. The SMILES string of the molecule is C.CC1(C)c2ccccc2-c2ccc(N(c3ccc(-c4ccccc4)cc3)c3ccc(-c4cccc5c4C(C)(C)c4ccccc4-5)cc3)cc21.[HH]. The van der Waals surface area contributed by atoms with Gasteiger partial charge in [0.2, 0.25) is 0 Å². The molecule has 0 heterocycles. The van der Waals surface area contributed by atoms with E-state index in [0.29, 0.717) is 0 Å². The van der Waals surface area contributed by atoms with Crippen molar-refractivity contribution in [1.29, 1.82) is 0 Å². The molecule has 0 fully saturated rings. The Balaban J connectivity index is 0.00000203. The van der Waals surface area contributed by atoms with Gasteiger partial charge in [-0.05, 0) is 103 Å². The maximum Gasteiger partial charge on any atom is 0.0465 e. The monoisotopic (exact) mass is 647 g/mol. The third-order valence-corrected chi connectivity index (χ3v) is 11.1. The zero-order chi connectivity index (χ0) is 33.3. The zero-order valence-corrected chi connectivity index (χ0v) is 28.5. The smallest absolute Gasteiger partial charge is 0.0465 e. The summed E-state index contributed by atoms with van der Waals surface area (Å²) in [6.07, 6.45) is 0. The molecule has 0 saturated heterocycles. The summed E-state index contributed by atoms with van der Waals surface area (Å²) < 4.78 is 0. The van der Waals surface area contributed by atoms with Gasteiger partial charge in [-0.25, -0.2) is 0 Å². The van der Waals surface area contributed by atoms with Gasteiger partial charge in [0.05, 0.1) is 0 Å². The van der Waals surface area contributed by atoms with Gasteiger partial charge < -0.3 is 4.90 Å². The van der Waals surface area contributed by atoms with Gasteiger partial charge in [0.1, 0.15) is 0 Å². The molecule has 0 bridgehead atoms. The maximum absolute atomic E-state index is 2.41. The van der Waals surface area contributed by atoms with Crippen LogP contribution in [-0.2, 0) is 10.8 Å². The predicted octanol–water partition coefficient (Wildman–Crippen LogP) is 14.0. The molecule has 1 nitrogen and oxygen atoms in total. The van der Waals surface area contributed by atoms with Crippen molar-refractivity contribution < 1.29 is 1.43 Å². The van der Waals surface area contributed by atoms with E-state index in [4.69, 9.17) is 0 Å². The van der Waals surface area contributed by atoms with E-state index in [2.05, 4.69) is 196 Å². The molecule has 0 unspecified atom stereocenters. The van der Waals surface area contributed by atoms with Crippen LogP contribution in [0.15, 0.2) is 164 Å². The first-order valence-corrected chi connectivity index (χ1v) is 17.4. The number of hydrogen-bond donors (Lipinski definition) is 0. The van der Waals surface area contributed by atoms with Crippen molar-refractivity contribution in [3.05, 3.63) is 186 Å². The standard InChI is InChI=1S/C48H39N.CH4.H2/c1-47(2)43-19-10-8-15-39(43)41-30-29-37(31-45(41)47)49(35-25-21-33(22-26-35)32-13-6-5-7-14-32)36-27-23-34(24-28-36)38-17-12-18-42-40-16-9-11-20-44(40)48(3,4)46(38)42;;/h5-31H,1-4H3;1H4;1H. The first-order chi connectivity index (χ1) is 23.8. The van der Waals surface area contributed by atoms with E-state index in [1.54, 1.807) is 0 Å². The molecule has 0 radical (unpaired) electrons. The third-order valence-electron chi connectivity index (χ3n) is 11.1. The van der Waals surface area contributed by atoms with Crippen LogP contribution in [0.5, 0.6) is 0 Å². The highest BCUT2D eigenvalue weighted by Crippen LogP contribution is 2.53. The molecular formula is C49H45N. The predicted molar refractivity (Wildman–Crippen MR) is 216 cm³/mol. The summed E-state index contributed by atoms with van der Waals surface area (Å²) >= 11 is 0. The number of nitrogens with zero attached hydrogens (tertiary/aromatic N) is 1. The zero-order valence-electron chi connectivity index (χ0n) is 28.5. The molecule has 7 aromatic carbocycles. The Morgan fingerprint density at radius 2 is 0.820 bits per heavy atom. The van der Waals surface area contributed by atoms with Crippen molar-refractivity contribution in [3.8, 4) is 44.5 Å². The van der Waals surface area contributed by atoms with Crippen LogP contribution in [0, 0.1) is 0 Å². The fraction of sp³-hybridized carbons (Fsp3) is 0.143. The second kappa shape index (κ2) is 11.7. The van der Waals surface area contributed by atoms with Gasteiger partial charge in [-0.15, -0.1) is 0 Å². The molecule has 0 spiro atoms. The Morgan fingerprint density at radius 1 is 0.360 bits per heavy atom. The molecule has 0 N–H and O–H groups in total. The van der Waals surface area contributed by atoms with Gasteiger partial charge >= 0.3 is 0 Å². The van der Waals surface area contributed by atoms with E-state index in [1.165, 1.54) is 66.8 Å².